The van der Waals surface area contributed by atoms with Gasteiger partial charge in [0.15, 0.2) is 0 Å². The van der Waals surface area contributed by atoms with Gasteiger partial charge in [0, 0.05) is 101 Å². The summed E-state index contributed by atoms with van der Waals surface area (Å²) in [5.41, 5.74) is -6.37. The first-order chi connectivity index (χ1) is 48.2. The van der Waals surface area contributed by atoms with Crippen LogP contribution in [0.3, 0.4) is 0 Å². The van der Waals surface area contributed by atoms with Crippen LogP contribution in [0.1, 0.15) is 122 Å². The number of azo groups is 4. The molecule has 0 radical (unpaired) electrons. The molecule has 8 aromatic rings. The summed E-state index contributed by atoms with van der Waals surface area (Å²) in [5, 5.41) is 178. The zero-order valence-electron chi connectivity index (χ0n) is 53.0. The van der Waals surface area contributed by atoms with Crippen molar-refractivity contribution in [1.29, 1.82) is 0 Å². The van der Waals surface area contributed by atoms with Crippen molar-refractivity contribution in [2.45, 2.75) is 109 Å². The number of non-ortho nitro benzene ring substituents is 8. The van der Waals surface area contributed by atoms with Gasteiger partial charge in [-0.1, -0.05) is 64.2 Å². The minimum Gasteiger partial charge on any atom is -0.507 e. The van der Waals surface area contributed by atoms with E-state index in [9.17, 15) is 101 Å². The molecule has 0 unspecified atom stereocenters. The Morgan fingerprint density at radius 2 is 0.347 bits per heavy atom. The molecular formula is C65H58N16O20. The molecular weight excluding hydrogens is 1320 g/mol. The Hall–Kier alpha value is -13.4. The smallest absolute Gasteiger partial charge is 0.278 e. The summed E-state index contributed by atoms with van der Waals surface area (Å²) in [6.07, 6.45) is 9.27. The summed E-state index contributed by atoms with van der Waals surface area (Å²) < 4.78 is 0. The third kappa shape index (κ3) is 19.2. The first-order valence-electron chi connectivity index (χ1n) is 31.1. The quantitative estimate of drug-likeness (QED) is 0.0396. The second kappa shape index (κ2) is 32.5. The summed E-state index contributed by atoms with van der Waals surface area (Å²) >= 11 is 0. The van der Waals surface area contributed by atoms with Crippen molar-refractivity contribution in [3.63, 3.8) is 0 Å². The predicted octanol–water partition coefficient (Wildman–Crippen LogP) is 19.0. The van der Waals surface area contributed by atoms with Gasteiger partial charge in [-0.2, -0.15) is 40.9 Å². The molecule has 8 bridgehead atoms. The van der Waals surface area contributed by atoms with Gasteiger partial charge in [-0.15, -0.1) is 0 Å². The number of hydrogen-bond donors (Lipinski definition) is 4. The number of hydrogen-bond acceptors (Lipinski definition) is 28. The third-order valence-electron chi connectivity index (χ3n) is 16.2. The van der Waals surface area contributed by atoms with E-state index in [4.69, 9.17) is 0 Å². The molecule has 0 fully saturated rings. The van der Waals surface area contributed by atoms with Gasteiger partial charge in [0.1, 0.15) is 23.0 Å². The van der Waals surface area contributed by atoms with Crippen molar-refractivity contribution in [2.75, 3.05) is 0 Å². The minimum atomic E-state index is -0.890. The van der Waals surface area contributed by atoms with E-state index >= 15 is 0 Å². The Morgan fingerprint density at radius 3 is 0.515 bits per heavy atom. The van der Waals surface area contributed by atoms with Gasteiger partial charge >= 0.3 is 0 Å². The highest BCUT2D eigenvalue weighted by Gasteiger charge is 2.25. The summed E-state index contributed by atoms with van der Waals surface area (Å²) in [6.45, 7) is 0. The third-order valence-corrected chi connectivity index (χ3v) is 16.2. The zero-order valence-corrected chi connectivity index (χ0v) is 53.0. The Kier molecular flexibility index (Phi) is 23.1. The van der Waals surface area contributed by atoms with Crippen molar-refractivity contribution >= 4 is 91.0 Å². The van der Waals surface area contributed by atoms with Crippen LogP contribution < -0.4 is 0 Å². The van der Waals surface area contributed by atoms with Crippen molar-refractivity contribution in [1.82, 2.24) is 0 Å². The number of nitrogens with zero attached hydrogens (tertiary/aromatic N) is 16. The molecule has 0 heterocycles. The number of fused-ring (bicyclic) bond motifs is 8. The van der Waals surface area contributed by atoms with Gasteiger partial charge < -0.3 is 20.4 Å². The largest absolute Gasteiger partial charge is 0.507 e. The molecule has 101 heavy (non-hydrogen) atoms. The van der Waals surface area contributed by atoms with Crippen LogP contribution >= 0.6 is 0 Å². The van der Waals surface area contributed by atoms with Crippen LogP contribution in [-0.4, -0.2) is 59.8 Å². The Balaban J connectivity index is 1.24. The van der Waals surface area contributed by atoms with Crippen LogP contribution in [0.25, 0.3) is 0 Å². The number of nitro benzene ring substituents is 8. The van der Waals surface area contributed by atoms with Gasteiger partial charge in [-0.3, -0.25) is 80.9 Å². The molecule has 0 aliphatic heterocycles. The molecule has 0 atom stereocenters. The van der Waals surface area contributed by atoms with E-state index in [0.717, 1.165) is 125 Å². The Bertz CT molecular complexity index is 4350. The van der Waals surface area contributed by atoms with Crippen molar-refractivity contribution in [3.05, 3.63) is 247 Å². The Morgan fingerprint density at radius 1 is 0.208 bits per heavy atom. The summed E-state index contributed by atoms with van der Waals surface area (Å²) in [4.78, 5) is 87.9. The average molecular weight is 1380 g/mol. The summed E-state index contributed by atoms with van der Waals surface area (Å²) in [5.74, 6) is -1.59. The van der Waals surface area contributed by atoms with Crippen molar-refractivity contribution in [2.24, 2.45) is 40.9 Å². The topological polar surface area (TPSA) is 525 Å². The standard InChI is InChI=1S/C65H58N16O20/c82-62-38-13-11-9-7-5-3-1-2-4-6-8-10-12-14-39-19-47(67-71-51-28-56(76(90)91)35-57(29-51)77(92)93)21-41(63(39)83)16-43-23-49(69-73-53-32-60(80(98)99)37-61(33-53)81(100)101)25-45(65(43)85)17-44-24-48(68-72-52-30-58(78(94)95)36-59(31-52)79(96)97)22-42(64(44)84)15-40(62)20-46(18-38)66-70-50-26-54(74(86)87)34-55(27-50)75(88)89/h18-37,82-85H,1-17H2. The molecule has 1 aliphatic rings. The van der Waals surface area contributed by atoms with E-state index in [-0.39, 0.29) is 103 Å². The molecule has 0 saturated heterocycles. The van der Waals surface area contributed by atoms with E-state index in [1.807, 2.05) is 0 Å². The van der Waals surface area contributed by atoms with Crippen LogP contribution in [0.4, 0.5) is 91.0 Å². The van der Waals surface area contributed by atoms with Gasteiger partial charge in [0.05, 0.1) is 109 Å². The van der Waals surface area contributed by atoms with Crippen LogP contribution in [-0.2, 0) is 32.1 Å². The lowest BCUT2D eigenvalue weighted by atomic mass is 9.92. The van der Waals surface area contributed by atoms with E-state index in [1.165, 1.54) is 48.5 Å². The lowest BCUT2D eigenvalue weighted by Gasteiger charge is -2.17. The summed E-state index contributed by atoms with van der Waals surface area (Å²) in [6, 6.07) is 21.2. The fraction of sp³-hybridized carbons (Fsp3) is 0.262. The minimum absolute atomic E-state index is 0.0407. The highest BCUT2D eigenvalue weighted by Crippen LogP contribution is 2.43. The molecule has 9 rings (SSSR count). The second-order valence-corrected chi connectivity index (χ2v) is 23.4. The maximum Gasteiger partial charge on any atom is 0.278 e. The highest BCUT2D eigenvalue weighted by atomic mass is 16.7. The fourth-order valence-corrected chi connectivity index (χ4v) is 11.3. The van der Waals surface area contributed by atoms with Crippen LogP contribution in [0, 0.1) is 80.9 Å². The van der Waals surface area contributed by atoms with Gasteiger partial charge in [0.25, 0.3) is 45.5 Å². The number of aromatic hydroxyl groups is 4. The van der Waals surface area contributed by atoms with Crippen molar-refractivity contribution < 1.29 is 59.8 Å². The Labute approximate surface area is 568 Å². The van der Waals surface area contributed by atoms with Gasteiger partial charge in [-0.05, 0) is 85.3 Å². The molecule has 36 nitrogen and oxygen atoms in total. The van der Waals surface area contributed by atoms with Gasteiger partial charge in [-0.25, -0.2) is 0 Å². The molecule has 4 N–H and O–H groups in total. The second-order valence-electron chi connectivity index (χ2n) is 23.4. The van der Waals surface area contributed by atoms with E-state index < -0.39 is 116 Å². The molecule has 0 spiro atoms. The maximum atomic E-state index is 12.6. The lowest BCUT2D eigenvalue weighted by molar-refractivity contribution is -0.394. The van der Waals surface area contributed by atoms with E-state index in [1.54, 1.807) is 0 Å². The normalized spacial score (nSPS) is 13.7. The molecule has 8 aromatic carbocycles. The van der Waals surface area contributed by atoms with Crippen molar-refractivity contribution in [3.8, 4) is 23.0 Å². The number of phenols is 4. The monoisotopic (exact) mass is 1380 g/mol. The SMILES string of the molecule is O=[N+]([O-])c1cc(N=Nc2cc3c(O)c(c2)Cc2cc(N=Nc4cc([N+](=O)[O-])cc([N+](=O)[O-])c4)cc(c2O)Cc2cc(N=Nc4cc([N+](=O)[O-])cc([N+](=O)[O-])c4)cc(c2O)Cc2cc(N=Nc4cc([N+](=O)[O-])cc([N+](=O)[O-])c4)cc(c2O)CCCCCCCCCCCCCC3)cc([N+](=O)[O-])c1. The van der Waals surface area contributed by atoms with Crippen LogP contribution in [0.15, 0.2) is 162 Å². The number of rotatable bonds is 16. The number of aryl methyl sites for hydroxylation is 2. The maximum absolute atomic E-state index is 12.6. The lowest BCUT2D eigenvalue weighted by Crippen LogP contribution is -1.99. The van der Waals surface area contributed by atoms with Crippen LogP contribution in [0.2, 0.25) is 0 Å². The molecule has 0 aromatic heterocycles. The number of benzene rings is 8. The molecule has 0 saturated carbocycles. The number of nitro groups is 8. The zero-order chi connectivity index (χ0) is 72.6. The summed E-state index contributed by atoms with van der Waals surface area (Å²) in [7, 11) is 0. The van der Waals surface area contributed by atoms with E-state index in [2.05, 4.69) is 40.9 Å². The molecule has 0 amide bonds. The van der Waals surface area contributed by atoms with Crippen LogP contribution in [0.5, 0.6) is 23.0 Å². The van der Waals surface area contributed by atoms with E-state index in [0.29, 0.717) is 36.1 Å². The highest BCUT2D eigenvalue weighted by molar-refractivity contribution is 5.65. The first-order valence-corrected chi connectivity index (χ1v) is 31.1. The fourth-order valence-electron chi connectivity index (χ4n) is 11.3. The molecule has 1 aliphatic carbocycles. The number of phenolic OH excluding ortho intramolecular Hbond substituents is 4. The first kappa shape index (κ1) is 71.8. The average Bonchev–Trinajstić information content (AvgIpc) is 0.804. The van der Waals surface area contributed by atoms with Gasteiger partial charge in [0.2, 0.25) is 0 Å². The predicted molar refractivity (Wildman–Crippen MR) is 359 cm³/mol. The molecule has 518 valence electrons. The molecule has 36 heteroatoms.